The summed E-state index contributed by atoms with van der Waals surface area (Å²) < 4.78 is 32.8. The molecule has 0 aromatic heterocycles. The van der Waals surface area contributed by atoms with Crippen LogP contribution in [0.15, 0.2) is 0 Å². The van der Waals surface area contributed by atoms with E-state index in [1.54, 1.807) is 20.8 Å². The molecular weight excluding hydrogens is 254 g/mol. The Labute approximate surface area is 96.0 Å². The maximum Gasteiger partial charge on any atom is 0.343 e. The predicted octanol–water partition coefficient (Wildman–Crippen LogP) is 2.56. The van der Waals surface area contributed by atoms with E-state index in [1.807, 2.05) is 0 Å². The van der Waals surface area contributed by atoms with Crippen molar-refractivity contribution in [1.29, 1.82) is 0 Å². The first-order valence-corrected chi connectivity index (χ1v) is 8.55. The average molecular weight is 274 g/mol. The van der Waals surface area contributed by atoms with E-state index in [0.29, 0.717) is 6.42 Å². The minimum Gasteiger partial charge on any atom is -0.324 e. The van der Waals surface area contributed by atoms with Crippen LogP contribution in [-0.2, 0) is 18.2 Å². The van der Waals surface area contributed by atoms with Gasteiger partial charge in [-0.3, -0.25) is 9.13 Å². The molecule has 0 bridgehead atoms. The molecule has 6 nitrogen and oxygen atoms in total. The lowest BCUT2D eigenvalue weighted by Gasteiger charge is -2.25. The second-order valence-corrected chi connectivity index (χ2v) is 7.66. The van der Waals surface area contributed by atoms with Gasteiger partial charge in [0, 0.05) is 0 Å². The number of hydrogen-bond donors (Lipinski definition) is 2. The molecule has 0 saturated carbocycles. The minimum atomic E-state index is -4.11. The molecule has 2 N–H and O–H groups in total. The van der Waals surface area contributed by atoms with Crippen molar-refractivity contribution in [3.63, 3.8) is 0 Å². The molecule has 0 aliphatic rings. The van der Waals surface area contributed by atoms with Crippen LogP contribution in [0.5, 0.6) is 0 Å². The van der Waals surface area contributed by atoms with Gasteiger partial charge >= 0.3 is 15.2 Å². The summed E-state index contributed by atoms with van der Waals surface area (Å²) in [5.41, 5.74) is 0. The van der Waals surface area contributed by atoms with E-state index >= 15 is 0 Å². The highest BCUT2D eigenvalue weighted by Gasteiger charge is 2.46. The maximum atomic E-state index is 11.7. The molecule has 0 heterocycles. The molecule has 98 valence electrons. The smallest absolute Gasteiger partial charge is 0.324 e. The zero-order chi connectivity index (χ0) is 12.8. The Balaban J connectivity index is 4.99. The first-order valence-electron chi connectivity index (χ1n) is 5.25. The molecule has 0 aromatic rings. The van der Waals surface area contributed by atoms with Gasteiger partial charge in [-0.15, -0.1) is 0 Å². The topological polar surface area (TPSA) is 93.1 Å². The fourth-order valence-electron chi connectivity index (χ4n) is 1.31. The Bertz CT molecular complexity index is 266. The fraction of sp³-hybridized carbons (Fsp3) is 1.00. The van der Waals surface area contributed by atoms with Crippen molar-refractivity contribution in [3.05, 3.63) is 0 Å². The summed E-state index contributed by atoms with van der Waals surface area (Å²) in [5, 5.41) is -1.36. The number of rotatable bonds is 8. The lowest BCUT2D eigenvalue weighted by molar-refractivity contribution is 0.245. The summed E-state index contributed by atoms with van der Waals surface area (Å²) in [6.45, 7) is 4.88. The number of hydrogen-bond acceptors (Lipinski definition) is 4. The van der Waals surface area contributed by atoms with Crippen LogP contribution in [0.1, 0.15) is 33.6 Å². The summed E-state index contributed by atoms with van der Waals surface area (Å²) in [7, 11) is -8.22. The Hall–Kier alpha value is 0.300. The van der Waals surface area contributed by atoms with Crippen LogP contribution in [0.3, 0.4) is 0 Å². The Morgan fingerprint density at radius 1 is 1.00 bits per heavy atom. The highest BCUT2D eigenvalue weighted by Crippen LogP contribution is 2.66. The molecular formula is C8H20O6P2. The van der Waals surface area contributed by atoms with Crippen molar-refractivity contribution < 1.29 is 28.0 Å². The largest absolute Gasteiger partial charge is 0.343 e. The van der Waals surface area contributed by atoms with Crippen LogP contribution in [-0.4, -0.2) is 28.4 Å². The first-order chi connectivity index (χ1) is 7.31. The zero-order valence-electron chi connectivity index (χ0n) is 9.83. The summed E-state index contributed by atoms with van der Waals surface area (Å²) in [4.78, 5) is 19.2. The van der Waals surface area contributed by atoms with Crippen molar-refractivity contribution in [2.24, 2.45) is 0 Å². The summed E-state index contributed by atoms with van der Waals surface area (Å²) in [6.07, 6.45) is 0.613. The molecule has 0 aromatic carbocycles. The van der Waals surface area contributed by atoms with Gasteiger partial charge in [0.2, 0.25) is 0 Å². The molecule has 0 spiro atoms. The van der Waals surface area contributed by atoms with Gasteiger partial charge in [0.25, 0.3) is 0 Å². The van der Waals surface area contributed by atoms with Crippen LogP contribution in [0, 0.1) is 0 Å². The quantitative estimate of drug-likeness (QED) is 0.661. The molecule has 0 radical (unpaired) electrons. The van der Waals surface area contributed by atoms with E-state index in [1.165, 1.54) is 0 Å². The van der Waals surface area contributed by atoms with E-state index in [2.05, 4.69) is 9.05 Å². The van der Waals surface area contributed by atoms with Crippen LogP contribution in [0.25, 0.3) is 0 Å². The Kier molecular flexibility index (Phi) is 7.03. The van der Waals surface area contributed by atoms with E-state index in [0.717, 1.165) is 0 Å². The summed E-state index contributed by atoms with van der Waals surface area (Å²) in [5.74, 6) is 0. The first kappa shape index (κ1) is 16.3. The molecule has 8 heteroatoms. The van der Waals surface area contributed by atoms with Crippen molar-refractivity contribution in [2.45, 2.75) is 39.0 Å². The monoisotopic (exact) mass is 274 g/mol. The minimum absolute atomic E-state index is 0.0140. The third kappa shape index (κ3) is 4.66. The van der Waals surface area contributed by atoms with Gasteiger partial charge in [-0.1, -0.05) is 13.3 Å². The van der Waals surface area contributed by atoms with Crippen LogP contribution < -0.4 is 0 Å². The average Bonchev–Trinajstić information content (AvgIpc) is 2.13. The summed E-state index contributed by atoms with van der Waals surface area (Å²) in [6, 6.07) is 0. The van der Waals surface area contributed by atoms with Gasteiger partial charge in [-0.05, 0) is 20.3 Å². The fourth-order valence-corrected chi connectivity index (χ4v) is 5.44. The van der Waals surface area contributed by atoms with Gasteiger partial charge in [0.15, 0.2) is 5.40 Å². The lowest BCUT2D eigenvalue weighted by atomic mass is 10.4. The van der Waals surface area contributed by atoms with Crippen LogP contribution >= 0.6 is 15.2 Å². The third-order valence-electron chi connectivity index (χ3n) is 1.93. The molecule has 0 fully saturated rings. The van der Waals surface area contributed by atoms with Gasteiger partial charge in [-0.25, -0.2) is 0 Å². The van der Waals surface area contributed by atoms with Gasteiger partial charge in [0.1, 0.15) is 0 Å². The Morgan fingerprint density at radius 2 is 1.38 bits per heavy atom. The van der Waals surface area contributed by atoms with E-state index < -0.39 is 20.6 Å². The van der Waals surface area contributed by atoms with Gasteiger partial charge < -0.3 is 18.8 Å². The second kappa shape index (κ2) is 6.90. The second-order valence-electron chi connectivity index (χ2n) is 3.23. The molecule has 0 rings (SSSR count). The third-order valence-corrected chi connectivity index (χ3v) is 6.96. The molecule has 0 saturated heterocycles. The highest BCUT2D eigenvalue weighted by molar-refractivity contribution is 7.71. The van der Waals surface area contributed by atoms with Crippen molar-refractivity contribution in [1.82, 2.24) is 0 Å². The molecule has 2 atom stereocenters. The molecule has 2 unspecified atom stereocenters. The van der Waals surface area contributed by atoms with E-state index in [4.69, 9.17) is 0 Å². The van der Waals surface area contributed by atoms with Crippen molar-refractivity contribution in [3.8, 4) is 0 Å². The normalized spacial score (nSPS) is 21.1. The standard InChI is InChI=1S/C8H20O6P2/c1-4-7-8(15(9,10)13-5-2)16(11,12)14-6-3/h8H,4-7H2,1-3H3,(H,9,10)(H,11,12). The molecule has 16 heavy (non-hydrogen) atoms. The van der Waals surface area contributed by atoms with Gasteiger partial charge in [-0.2, -0.15) is 0 Å². The summed E-state index contributed by atoms with van der Waals surface area (Å²) >= 11 is 0. The van der Waals surface area contributed by atoms with Crippen molar-refractivity contribution in [2.75, 3.05) is 13.2 Å². The SMILES string of the molecule is CCCC(P(=O)(O)OCC)P(=O)(O)OCC. The van der Waals surface area contributed by atoms with Crippen molar-refractivity contribution >= 4 is 15.2 Å². The lowest BCUT2D eigenvalue weighted by Crippen LogP contribution is -2.13. The maximum absolute atomic E-state index is 11.7. The highest BCUT2D eigenvalue weighted by atomic mass is 31.2. The van der Waals surface area contributed by atoms with E-state index in [-0.39, 0.29) is 19.6 Å². The molecule has 0 aliphatic carbocycles. The molecule has 0 aliphatic heterocycles. The Morgan fingerprint density at radius 3 is 1.62 bits per heavy atom. The van der Waals surface area contributed by atoms with E-state index in [9.17, 15) is 18.9 Å². The van der Waals surface area contributed by atoms with Crippen LogP contribution in [0.4, 0.5) is 0 Å². The van der Waals surface area contributed by atoms with Gasteiger partial charge in [0.05, 0.1) is 13.2 Å². The predicted molar refractivity (Wildman–Crippen MR) is 61.6 cm³/mol. The molecule has 0 amide bonds. The zero-order valence-corrected chi connectivity index (χ0v) is 11.6. The van der Waals surface area contributed by atoms with Crippen LogP contribution in [0.2, 0.25) is 0 Å².